The van der Waals surface area contributed by atoms with Gasteiger partial charge in [-0.05, 0) is 36.2 Å². The largest absolute Gasteiger partial charge is 0.508 e. The van der Waals surface area contributed by atoms with Crippen molar-refractivity contribution in [3.63, 3.8) is 0 Å². The average molecular weight is 460 g/mol. The molecular weight excluding hydrogens is 428 g/mol. The van der Waals surface area contributed by atoms with E-state index >= 15 is 0 Å². The molecule has 0 fully saturated rings. The van der Waals surface area contributed by atoms with E-state index in [1.54, 1.807) is 24.5 Å². The first-order valence-corrected chi connectivity index (χ1v) is 11.6. The monoisotopic (exact) mass is 459 g/mol. The maximum Gasteiger partial charge on any atom is 0.404 e. The van der Waals surface area contributed by atoms with Gasteiger partial charge in [-0.1, -0.05) is 27.7 Å². The molecule has 1 atom stereocenters. The maximum absolute atomic E-state index is 11.3. The number of aryl methyl sites for hydroxylation is 1. The lowest BCUT2D eigenvalue weighted by Crippen LogP contribution is -2.18. The first-order valence-electron chi connectivity index (χ1n) is 10.4. The predicted molar refractivity (Wildman–Crippen MR) is 125 cm³/mol. The highest BCUT2D eigenvalue weighted by molar-refractivity contribution is 7.91. The minimum absolute atomic E-state index is 0.00609. The Morgan fingerprint density at radius 1 is 1.22 bits per heavy atom. The quantitative estimate of drug-likeness (QED) is 0.444. The summed E-state index contributed by atoms with van der Waals surface area (Å²) in [6.07, 6.45) is 2.48. The second-order valence-corrected chi connectivity index (χ2v) is 8.64. The van der Waals surface area contributed by atoms with Gasteiger partial charge in [-0.2, -0.15) is 4.55 Å². The van der Waals surface area contributed by atoms with Gasteiger partial charge in [-0.25, -0.2) is 9.78 Å². The smallest absolute Gasteiger partial charge is 0.404 e. The number of rotatable bonds is 7. The Morgan fingerprint density at radius 3 is 2.44 bits per heavy atom. The number of hydrogen-bond donors (Lipinski definition) is 3. The van der Waals surface area contributed by atoms with Crippen LogP contribution in [0.4, 0.5) is 4.79 Å². The molecule has 0 radical (unpaired) electrons. The molecule has 8 nitrogen and oxygen atoms in total. The maximum atomic E-state index is 11.3. The van der Waals surface area contributed by atoms with Gasteiger partial charge in [-0.3, -0.25) is 9.55 Å². The zero-order valence-corrected chi connectivity index (χ0v) is 19.9. The first kappa shape index (κ1) is 25.2. The van der Waals surface area contributed by atoms with Gasteiger partial charge in [0.15, 0.2) is 12.4 Å². The van der Waals surface area contributed by atoms with E-state index in [-0.39, 0.29) is 18.3 Å². The zero-order valence-electron chi connectivity index (χ0n) is 19.1. The Balaban J connectivity index is 0.00000176. The van der Waals surface area contributed by atoms with E-state index in [1.165, 1.54) is 0 Å². The zero-order chi connectivity index (χ0) is 23.8. The van der Waals surface area contributed by atoms with E-state index in [0.29, 0.717) is 28.0 Å². The van der Waals surface area contributed by atoms with Crippen molar-refractivity contribution in [1.29, 1.82) is 0 Å². The molecular formula is C23H31N4O4S+. The summed E-state index contributed by atoms with van der Waals surface area (Å²) in [5, 5.41) is 10.6. The molecule has 0 aliphatic rings. The minimum atomic E-state index is -1.38. The number of phenols is 1. The highest BCUT2D eigenvalue weighted by Crippen LogP contribution is 2.32. The molecule has 4 N–H and O–H groups in total. The predicted octanol–water partition coefficient (Wildman–Crippen LogP) is 4.59. The van der Waals surface area contributed by atoms with Gasteiger partial charge < -0.3 is 15.6 Å². The SMILES string of the molecule is CC.Cc1cc(O)cc([S+](O)c2c(C(C)C)nc(COC(N)=O)n2Cc2ccncc2)c1. The van der Waals surface area contributed by atoms with E-state index in [0.717, 1.165) is 11.1 Å². The van der Waals surface area contributed by atoms with E-state index < -0.39 is 17.3 Å². The third-order valence-corrected chi connectivity index (χ3v) is 5.93. The van der Waals surface area contributed by atoms with E-state index in [1.807, 2.05) is 57.4 Å². The van der Waals surface area contributed by atoms with Crippen LogP contribution in [0.5, 0.6) is 5.75 Å². The lowest BCUT2D eigenvalue weighted by molar-refractivity contribution is 0.145. The standard InChI is InChI=1S/C21H24N4O4S.C2H6/c1-13(2)19-20(30(28)17-9-14(3)8-16(26)10-17)25(11-15-4-6-23-7-5-15)18(24-19)12-29-21(22)27;1-2/h4-10,13,28H,11-12H2,1-3H3,(H2-,22,26,27);1-2H3/p+1. The van der Waals surface area contributed by atoms with Gasteiger partial charge in [0.25, 0.3) is 5.03 Å². The average Bonchev–Trinajstić information content (AvgIpc) is 3.11. The number of imidazole rings is 1. The molecule has 1 aromatic carbocycles. The van der Waals surface area contributed by atoms with Crippen LogP contribution in [0.2, 0.25) is 0 Å². The summed E-state index contributed by atoms with van der Waals surface area (Å²) in [6.45, 7) is 10.1. The molecule has 0 spiro atoms. The number of nitrogens with zero attached hydrogens (tertiary/aromatic N) is 3. The molecule has 2 aromatic heterocycles. The molecule has 0 saturated carbocycles. The Morgan fingerprint density at radius 2 is 1.88 bits per heavy atom. The normalized spacial score (nSPS) is 11.6. The fraction of sp³-hybridized carbons (Fsp3) is 0.348. The topological polar surface area (TPSA) is 123 Å². The second-order valence-electron chi connectivity index (χ2n) is 7.21. The van der Waals surface area contributed by atoms with Gasteiger partial charge in [-0.15, -0.1) is 0 Å². The van der Waals surface area contributed by atoms with Crippen molar-refractivity contribution >= 4 is 17.3 Å². The van der Waals surface area contributed by atoms with Crippen molar-refractivity contribution < 1.29 is 19.2 Å². The Labute approximate surface area is 191 Å². The number of aromatic hydroxyl groups is 1. The lowest BCUT2D eigenvalue weighted by Gasteiger charge is -2.11. The van der Waals surface area contributed by atoms with Gasteiger partial charge in [0.1, 0.15) is 11.4 Å². The number of hydrogen-bond acceptors (Lipinski definition) is 6. The summed E-state index contributed by atoms with van der Waals surface area (Å²) in [5.41, 5.74) is 7.62. The summed E-state index contributed by atoms with van der Waals surface area (Å²) in [6, 6.07) is 8.74. The third kappa shape index (κ3) is 6.24. The van der Waals surface area contributed by atoms with Gasteiger partial charge in [0, 0.05) is 30.4 Å². The van der Waals surface area contributed by atoms with E-state index in [2.05, 4.69) is 9.97 Å². The van der Waals surface area contributed by atoms with Crippen LogP contribution >= 0.6 is 0 Å². The summed E-state index contributed by atoms with van der Waals surface area (Å²) in [5.74, 6) is 0.569. The number of benzene rings is 1. The molecule has 3 aromatic rings. The van der Waals surface area contributed by atoms with Gasteiger partial charge in [0.2, 0.25) is 16.1 Å². The van der Waals surface area contributed by atoms with Crippen LogP contribution < -0.4 is 5.73 Å². The molecule has 0 bridgehead atoms. The van der Waals surface area contributed by atoms with Gasteiger partial charge >= 0.3 is 6.09 Å². The summed E-state index contributed by atoms with van der Waals surface area (Å²) < 4.78 is 18.2. The van der Waals surface area contributed by atoms with E-state index in [4.69, 9.17) is 10.5 Å². The molecule has 172 valence electrons. The molecule has 0 aliphatic carbocycles. The van der Waals surface area contributed by atoms with Crippen LogP contribution in [0.1, 0.15) is 56.3 Å². The number of amides is 1. The van der Waals surface area contributed by atoms with E-state index in [9.17, 15) is 14.5 Å². The summed E-state index contributed by atoms with van der Waals surface area (Å²) >= 11 is -1.38. The molecule has 1 amide bonds. The number of carbonyl (C=O) groups excluding carboxylic acids is 1. The highest BCUT2D eigenvalue weighted by Gasteiger charge is 2.36. The van der Waals surface area contributed by atoms with Crippen LogP contribution in [-0.2, 0) is 29.1 Å². The van der Waals surface area contributed by atoms with Crippen LogP contribution in [0.25, 0.3) is 0 Å². The summed E-state index contributed by atoms with van der Waals surface area (Å²) in [4.78, 5) is 20.5. The number of pyridine rings is 1. The number of phenolic OH excluding ortho intramolecular Hbond substituents is 1. The van der Waals surface area contributed by atoms with Crippen molar-refractivity contribution in [2.45, 2.75) is 63.6 Å². The Hall–Kier alpha value is -3.04. The lowest BCUT2D eigenvalue weighted by atomic mass is 10.1. The first-order chi connectivity index (χ1) is 15.3. The molecule has 3 rings (SSSR count). The molecule has 9 heteroatoms. The van der Waals surface area contributed by atoms with Crippen LogP contribution in [-0.4, -0.2) is 30.3 Å². The number of aromatic nitrogens is 3. The fourth-order valence-corrected chi connectivity index (χ4v) is 4.72. The fourth-order valence-electron chi connectivity index (χ4n) is 3.11. The van der Waals surface area contributed by atoms with Crippen molar-refractivity contribution in [3.05, 3.63) is 65.4 Å². The second kappa shape index (κ2) is 11.5. The Kier molecular flexibility index (Phi) is 9.10. The molecule has 0 aliphatic heterocycles. The molecule has 2 heterocycles. The van der Waals surface area contributed by atoms with Gasteiger partial charge in [0.05, 0.1) is 6.54 Å². The summed E-state index contributed by atoms with van der Waals surface area (Å²) in [7, 11) is 0. The third-order valence-electron chi connectivity index (χ3n) is 4.45. The number of primary amides is 1. The van der Waals surface area contributed by atoms with Crippen LogP contribution in [0.15, 0.2) is 52.6 Å². The molecule has 1 unspecified atom stereocenters. The Bertz CT molecular complexity index is 1020. The van der Waals surface area contributed by atoms with Crippen LogP contribution in [0, 0.1) is 6.92 Å². The van der Waals surface area contributed by atoms with Crippen molar-refractivity contribution in [3.8, 4) is 5.75 Å². The number of ether oxygens (including phenoxy) is 1. The van der Waals surface area contributed by atoms with Crippen LogP contribution in [0.3, 0.4) is 0 Å². The molecule has 0 saturated heterocycles. The van der Waals surface area contributed by atoms with Crippen molar-refractivity contribution in [1.82, 2.24) is 14.5 Å². The minimum Gasteiger partial charge on any atom is -0.508 e. The number of nitrogens with two attached hydrogens (primary N) is 1. The number of carbonyl (C=O) groups is 1. The van der Waals surface area contributed by atoms with Crippen molar-refractivity contribution in [2.75, 3.05) is 0 Å². The molecule has 32 heavy (non-hydrogen) atoms. The highest BCUT2D eigenvalue weighted by atomic mass is 32.2. The van der Waals surface area contributed by atoms with Crippen molar-refractivity contribution in [2.24, 2.45) is 5.73 Å².